The van der Waals surface area contributed by atoms with E-state index in [-0.39, 0.29) is 11.8 Å². The number of anilines is 1. The quantitative estimate of drug-likeness (QED) is 0.865. The highest BCUT2D eigenvalue weighted by molar-refractivity contribution is 8.00. The van der Waals surface area contributed by atoms with Gasteiger partial charge in [-0.1, -0.05) is 0 Å². The first-order valence-corrected chi connectivity index (χ1v) is 8.01. The Morgan fingerprint density at radius 3 is 3.05 bits per heavy atom. The zero-order valence-electron chi connectivity index (χ0n) is 11.5. The molecule has 2 aliphatic heterocycles. The summed E-state index contributed by atoms with van der Waals surface area (Å²) in [6.45, 7) is 2.94. The minimum Gasteiger partial charge on any atom is -0.336 e. The summed E-state index contributed by atoms with van der Waals surface area (Å²) in [7, 11) is 0. The molecule has 4 nitrogen and oxygen atoms in total. The van der Waals surface area contributed by atoms with Gasteiger partial charge in [-0.15, -0.1) is 11.8 Å². The van der Waals surface area contributed by atoms with E-state index in [1.807, 2.05) is 23.1 Å². The van der Waals surface area contributed by atoms with E-state index in [1.165, 1.54) is 18.2 Å². The number of nitrogens with one attached hydrogen (secondary N) is 1. The molecule has 0 bridgehead atoms. The number of hydrogen-bond donors (Lipinski definition) is 1. The van der Waals surface area contributed by atoms with Crippen molar-refractivity contribution in [2.75, 3.05) is 17.6 Å². The van der Waals surface area contributed by atoms with Gasteiger partial charge in [-0.25, -0.2) is 0 Å². The molecule has 1 atom stereocenters. The molecule has 3 rings (SSSR count). The van der Waals surface area contributed by atoms with Crippen LogP contribution in [0.2, 0.25) is 0 Å². The van der Waals surface area contributed by atoms with Gasteiger partial charge in [0.1, 0.15) is 0 Å². The number of hydrogen-bond acceptors (Lipinski definition) is 3. The highest BCUT2D eigenvalue weighted by atomic mass is 32.2. The fourth-order valence-corrected chi connectivity index (χ4v) is 3.57. The molecule has 1 aromatic rings. The van der Waals surface area contributed by atoms with Crippen molar-refractivity contribution in [1.82, 2.24) is 4.90 Å². The Labute approximate surface area is 122 Å². The molecule has 0 spiro atoms. The van der Waals surface area contributed by atoms with E-state index in [0.717, 1.165) is 30.0 Å². The molecule has 2 amide bonds. The van der Waals surface area contributed by atoms with Crippen LogP contribution in [0.25, 0.3) is 0 Å². The third-order valence-corrected chi connectivity index (χ3v) is 5.00. The van der Waals surface area contributed by atoms with Crippen LogP contribution in [0.4, 0.5) is 5.69 Å². The second kappa shape index (κ2) is 5.48. The van der Waals surface area contributed by atoms with Gasteiger partial charge in [-0.3, -0.25) is 9.59 Å². The van der Waals surface area contributed by atoms with Gasteiger partial charge in [0.2, 0.25) is 5.91 Å². The number of carbonyl (C=O) groups excluding carboxylic acids is 2. The average molecular weight is 290 g/mol. The van der Waals surface area contributed by atoms with Crippen molar-refractivity contribution < 1.29 is 9.59 Å². The SMILES string of the molecule is C[C@@H]1CCCCN1C(=O)c1ccc2c(c1)NC(=O)CS2. The Morgan fingerprint density at radius 1 is 1.40 bits per heavy atom. The van der Waals surface area contributed by atoms with Gasteiger partial charge in [0.25, 0.3) is 5.91 Å². The Hall–Kier alpha value is -1.49. The van der Waals surface area contributed by atoms with Gasteiger partial charge in [-0.2, -0.15) is 0 Å². The Kier molecular flexibility index (Phi) is 3.70. The van der Waals surface area contributed by atoms with Crippen molar-refractivity contribution in [1.29, 1.82) is 0 Å². The molecule has 20 heavy (non-hydrogen) atoms. The summed E-state index contributed by atoms with van der Waals surface area (Å²) >= 11 is 1.52. The van der Waals surface area contributed by atoms with Crippen LogP contribution in [0.3, 0.4) is 0 Å². The lowest BCUT2D eigenvalue weighted by Crippen LogP contribution is -2.42. The topological polar surface area (TPSA) is 49.4 Å². The van der Waals surface area contributed by atoms with E-state index in [0.29, 0.717) is 17.4 Å². The number of carbonyl (C=O) groups is 2. The minimum absolute atomic E-state index is 0.00144. The van der Waals surface area contributed by atoms with Crippen molar-refractivity contribution in [2.24, 2.45) is 0 Å². The third-order valence-electron chi connectivity index (χ3n) is 3.92. The highest BCUT2D eigenvalue weighted by Crippen LogP contribution is 2.32. The van der Waals surface area contributed by atoms with Gasteiger partial charge in [0, 0.05) is 23.0 Å². The number of fused-ring (bicyclic) bond motifs is 1. The fraction of sp³-hybridized carbons (Fsp3) is 0.467. The average Bonchev–Trinajstić information content (AvgIpc) is 2.46. The number of rotatable bonds is 1. The van der Waals surface area contributed by atoms with Crippen LogP contribution < -0.4 is 5.32 Å². The van der Waals surface area contributed by atoms with E-state index >= 15 is 0 Å². The summed E-state index contributed by atoms with van der Waals surface area (Å²) in [6, 6.07) is 5.91. The molecule has 1 aromatic carbocycles. The van der Waals surface area contributed by atoms with Crippen molar-refractivity contribution >= 4 is 29.3 Å². The van der Waals surface area contributed by atoms with E-state index in [4.69, 9.17) is 0 Å². The number of thioether (sulfide) groups is 1. The maximum atomic E-state index is 12.6. The highest BCUT2D eigenvalue weighted by Gasteiger charge is 2.25. The normalized spacial score (nSPS) is 22.1. The second-order valence-corrected chi connectivity index (χ2v) is 6.41. The summed E-state index contributed by atoms with van der Waals surface area (Å²) in [5.74, 6) is 0.520. The summed E-state index contributed by atoms with van der Waals surface area (Å²) in [5, 5.41) is 2.84. The Balaban J connectivity index is 1.85. The van der Waals surface area contributed by atoms with Crippen LogP contribution >= 0.6 is 11.8 Å². The molecule has 0 saturated carbocycles. The second-order valence-electron chi connectivity index (χ2n) is 5.39. The number of likely N-dealkylation sites (tertiary alicyclic amines) is 1. The summed E-state index contributed by atoms with van der Waals surface area (Å²) < 4.78 is 0. The zero-order valence-corrected chi connectivity index (χ0v) is 12.3. The minimum atomic E-state index is -0.00144. The first kappa shape index (κ1) is 13.5. The summed E-state index contributed by atoms with van der Waals surface area (Å²) in [4.78, 5) is 27.0. The lowest BCUT2D eigenvalue weighted by Gasteiger charge is -2.33. The summed E-state index contributed by atoms with van der Waals surface area (Å²) in [5.41, 5.74) is 1.43. The molecule has 1 saturated heterocycles. The molecule has 0 unspecified atom stereocenters. The molecule has 0 radical (unpaired) electrons. The molecule has 0 aromatic heterocycles. The number of amides is 2. The monoisotopic (exact) mass is 290 g/mol. The molecule has 1 N–H and O–H groups in total. The zero-order chi connectivity index (χ0) is 14.1. The van der Waals surface area contributed by atoms with Crippen LogP contribution in [0.5, 0.6) is 0 Å². The maximum Gasteiger partial charge on any atom is 0.254 e. The number of piperidine rings is 1. The molecule has 2 aliphatic rings. The smallest absolute Gasteiger partial charge is 0.254 e. The van der Waals surface area contributed by atoms with Crippen molar-refractivity contribution in [2.45, 2.75) is 37.1 Å². The maximum absolute atomic E-state index is 12.6. The van der Waals surface area contributed by atoms with E-state index in [1.54, 1.807) is 0 Å². The van der Waals surface area contributed by atoms with Crippen LogP contribution in [0.1, 0.15) is 36.5 Å². The lowest BCUT2D eigenvalue weighted by atomic mass is 10.0. The largest absolute Gasteiger partial charge is 0.336 e. The Morgan fingerprint density at radius 2 is 2.25 bits per heavy atom. The van der Waals surface area contributed by atoms with Gasteiger partial charge < -0.3 is 10.2 Å². The molecule has 2 heterocycles. The van der Waals surface area contributed by atoms with Crippen molar-refractivity contribution in [3.05, 3.63) is 23.8 Å². The van der Waals surface area contributed by atoms with E-state index in [9.17, 15) is 9.59 Å². The molecule has 1 fully saturated rings. The number of nitrogens with zero attached hydrogens (tertiary/aromatic N) is 1. The van der Waals surface area contributed by atoms with Crippen LogP contribution in [0.15, 0.2) is 23.1 Å². The van der Waals surface area contributed by atoms with Crippen molar-refractivity contribution in [3.8, 4) is 0 Å². The fourth-order valence-electron chi connectivity index (χ4n) is 2.78. The predicted octanol–water partition coefficient (Wildman–Crippen LogP) is 2.75. The van der Waals surface area contributed by atoms with E-state index < -0.39 is 0 Å². The molecule has 0 aliphatic carbocycles. The first-order valence-electron chi connectivity index (χ1n) is 7.03. The van der Waals surface area contributed by atoms with E-state index in [2.05, 4.69) is 12.2 Å². The summed E-state index contributed by atoms with van der Waals surface area (Å²) in [6.07, 6.45) is 3.35. The number of benzene rings is 1. The first-order chi connectivity index (χ1) is 9.65. The Bertz CT molecular complexity index is 559. The molecule has 106 valence electrons. The van der Waals surface area contributed by atoms with Gasteiger partial charge >= 0.3 is 0 Å². The van der Waals surface area contributed by atoms with Crippen molar-refractivity contribution in [3.63, 3.8) is 0 Å². The van der Waals surface area contributed by atoms with Crippen LogP contribution in [-0.2, 0) is 4.79 Å². The van der Waals surface area contributed by atoms with Gasteiger partial charge in [0.05, 0.1) is 11.4 Å². The third kappa shape index (κ3) is 2.54. The molecular weight excluding hydrogens is 272 g/mol. The molecular formula is C15H18N2O2S. The van der Waals surface area contributed by atoms with Crippen LogP contribution in [0, 0.1) is 0 Å². The molecule has 5 heteroatoms. The van der Waals surface area contributed by atoms with Gasteiger partial charge in [0.15, 0.2) is 0 Å². The standard InChI is InChI=1S/C15H18N2O2S/c1-10-4-2-3-7-17(10)15(19)11-5-6-13-12(8-11)16-14(18)9-20-13/h5-6,8,10H,2-4,7,9H2,1H3,(H,16,18)/t10-/m1/s1. The van der Waals surface area contributed by atoms with Crippen LogP contribution in [-0.4, -0.2) is 35.1 Å². The van der Waals surface area contributed by atoms with Gasteiger partial charge in [-0.05, 0) is 44.4 Å². The lowest BCUT2D eigenvalue weighted by molar-refractivity contribution is -0.113. The predicted molar refractivity (Wildman–Crippen MR) is 80.1 cm³/mol.